The molecule has 0 bridgehead atoms. The largest absolute Gasteiger partial charge is 0.492 e. The van der Waals surface area contributed by atoms with Crippen LogP contribution in [0.1, 0.15) is 31.1 Å². The van der Waals surface area contributed by atoms with Crippen molar-refractivity contribution >= 4 is 11.7 Å². The van der Waals surface area contributed by atoms with Crippen molar-refractivity contribution in [2.45, 2.75) is 26.3 Å². The fourth-order valence-electron chi connectivity index (χ4n) is 2.66. The first kappa shape index (κ1) is 18.4. The van der Waals surface area contributed by atoms with Crippen molar-refractivity contribution < 1.29 is 14.3 Å². The number of amides is 1. The standard InChI is InChI=1S/C17H26N4O3/c1-4-24-14-9-13(10-19-11-14)15(22)12-20-16(23)17(2,3)21-7-5-18-6-8-21/h9-11,18H,4-8,12H2,1-3H3,(H,20,23). The molecule has 2 rings (SSSR count). The Bertz CT molecular complexity index is 583. The molecular weight excluding hydrogens is 308 g/mol. The number of hydrogen-bond donors (Lipinski definition) is 2. The van der Waals surface area contributed by atoms with Gasteiger partial charge in [0.1, 0.15) is 5.75 Å². The van der Waals surface area contributed by atoms with Crippen LogP contribution in [0.4, 0.5) is 0 Å². The zero-order chi connectivity index (χ0) is 17.6. The lowest BCUT2D eigenvalue weighted by molar-refractivity contribution is -0.131. The van der Waals surface area contributed by atoms with E-state index in [0.717, 1.165) is 26.2 Å². The summed E-state index contributed by atoms with van der Waals surface area (Å²) in [5, 5.41) is 6.02. The number of carbonyl (C=O) groups excluding carboxylic acids is 2. The van der Waals surface area contributed by atoms with Gasteiger partial charge in [-0.05, 0) is 26.8 Å². The third-order valence-electron chi connectivity index (χ3n) is 4.22. The predicted octanol–water partition coefficient (Wildman–Crippen LogP) is 0.463. The highest BCUT2D eigenvalue weighted by molar-refractivity contribution is 6.00. The van der Waals surface area contributed by atoms with E-state index in [1.165, 1.54) is 6.20 Å². The first-order chi connectivity index (χ1) is 11.4. The summed E-state index contributed by atoms with van der Waals surface area (Å²) in [5.74, 6) is 0.219. The molecule has 0 saturated carbocycles. The van der Waals surface area contributed by atoms with Gasteiger partial charge in [-0.25, -0.2) is 0 Å². The molecule has 2 N–H and O–H groups in total. The maximum Gasteiger partial charge on any atom is 0.240 e. The molecule has 1 saturated heterocycles. The summed E-state index contributed by atoms with van der Waals surface area (Å²) in [5.41, 5.74) is -0.213. The number of aromatic nitrogens is 1. The normalized spacial score (nSPS) is 15.8. The van der Waals surface area contributed by atoms with Crippen LogP contribution < -0.4 is 15.4 Å². The number of nitrogens with zero attached hydrogens (tertiary/aromatic N) is 2. The van der Waals surface area contributed by atoms with Crippen LogP contribution in [0, 0.1) is 0 Å². The van der Waals surface area contributed by atoms with Gasteiger partial charge in [0.2, 0.25) is 5.91 Å². The molecule has 0 spiro atoms. The van der Waals surface area contributed by atoms with Crippen LogP contribution in [0.2, 0.25) is 0 Å². The molecule has 1 aliphatic rings. The van der Waals surface area contributed by atoms with Gasteiger partial charge in [0.05, 0.1) is 24.9 Å². The second-order valence-electron chi connectivity index (χ2n) is 6.24. The van der Waals surface area contributed by atoms with Crippen LogP contribution >= 0.6 is 0 Å². The van der Waals surface area contributed by atoms with Crippen molar-refractivity contribution in [3.05, 3.63) is 24.0 Å². The monoisotopic (exact) mass is 334 g/mol. The van der Waals surface area contributed by atoms with Crippen LogP contribution in [0.25, 0.3) is 0 Å². The molecule has 0 radical (unpaired) electrons. The van der Waals surface area contributed by atoms with Crippen molar-refractivity contribution in [1.82, 2.24) is 20.5 Å². The summed E-state index contributed by atoms with van der Waals surface area (Å²) in [4.78, 5) is 30.9. The third-order valence-corrected chi connectivity index (χ3v) is 4.22. The average molecular weight is 334 g/mol. The van der Waals surface area contributed by atoms with Crippen molar-refractivity contribution in [3.63, 3.8) is 0 Å². The molecule has 1 amide bonds. The first-order valence-corrected chi connectivity index (χ1v) is 8.30. The van der Waals surface area contributed by atoms with E-state index in [9.17, 15) is 9.59 Å². The number of ketones is 1. The fraction of sp³-hybridized carbons (Fsp3) is 0.588. The average Bonchev–Trinajstić information content (AvgIpc) is 2.60. The highest BCUT2D eigenvalue weighted by Gasteiger charge is 2.35. The van der Waals surface area contributed by atoms with Crippen molar-refractivity contribution in [3.8, 4) is 5.75 Å². The number of nitrogens with one attached hydrogen (secondary N) is 2. The van der Waals surface area contributed by atoms with Crippen LogP contribution in [-0.4, -0.2) is 66.4 Å². The van der Waals surface area contributed by atoms with Gasteiger partial charge in [-0.15, -0.1) is 0 Å². The SMILES string of the molecule is CCOc1cncc(C(=O)CNC(=O)C(C)(C)N2CCNCC2)c1. The van der Waals surface area contributed by atoms with E-state index in [2.05, 4.69) is 20.5 Å². The van der Waals surface area contributed by atoms with Crippen LogP contribution in [0.15, 0.2) is 18.5 Å². The minimum Gasteiger partial charge on any atom is -0.492 e. The second-order valence-corrected chi connectivity index (χ2v) is 6.24. The van der Waals surface area contributed by atoms with Gasteiger partial charge in [0.25, 0.3) is 0 Å². The summed E-state index contributed by atoms with van der Waals surface area (Å²) in [6, 6.07) is 1.65. The molecule has 0 unspecified atom stereocenters. The lowest BCUT2D eigenvalue weighted by atomic mass is 10.0. The summed E-state index contributed by atoms with van der Waals surface area (Å²) in [6.07, 6.45) is 3.05. The van der Waals surface area contributed by atoms with Gasteiger partial charge < -0.3 is 15.4 Å². The van der Waals surface area contributed by atoms with Crippen molar-refractivity contribution in [2.75, 3.05) is 39.3 Å². The van der Waals surface area contributed by atoms with Crippen molar-refractivity contribution in [2.24, 2.45) is 0 Å². The molecule has 0 aromatic carbocycles. The quantitative estimate of drug-likeness (QED) is 0.705. The molecular formula is C17H26N4O3. The number of rotatable bonds is 7. The molecule has 1 fully saturated rings. The second kappa shape index (κ2) is 8.21. The van der Waals surface area contributed by atoms with E-state index in [4.69, 9.17) is 4.74 Å². The number of ether oxygens (including phenoxy) is 1. The van der Waals surface area contributed by atoms with Gasteiger partial charge in [-0.2, -0.15) is 0 Å². The number of pyridine rings is 1. The summed E-state index contributed by atoms with van der Waals surface area (Å²) in [7, 11) is 0. The lowest BCUT2D eigenvalue weighted by Crippen LogP contribution is -2.60. The smallest absolute Gasteiger partial charge is 0.240 e. The molecule has 132 valence electrons. The highest BCUT2D eigenvalue weighted by Crippen LogP contribution is 2.15. The maximum absolute atomic E-state index is 12.5. The summed E-state index contributed by atoms with van der Waals surface area (Å²) >= 11 is 0. The number of piperazine rings is 1. The zero-order valence-corrected chi connectivity index (χ0v) is 14.6. The zero-order valence-electron chi connectivity index (χ0n) is 14.6. The minimum absolute atomic E-state index is 0.0500. The van der Waals surface area contributed by atoms with E-state index in [1.54, 1.807) is 12.3 Å². The Balaban J connectivity index is 1.92. The summed E-state index contributed by atoms with van der Waals surface area (Å²) < 4.78 is 5.34. The van der Waals surface area contributed by atoms with Crippen LogP contribution in [-0.2, 0) is 4.79 Å². The topological polar surface area (TPSA) is 83.6 Å². The van der Waals surface area contributed by atoms with Crippen LogP contribution in [0.5, 0.6) is 5.75 Å². The van der Waals surface area contributed by atoms with Gasteiger partial charge >= 0.3 is 0 Å². The molecule has 7 heteroatoms. The molecule has 2 heterocycles. The molecule has 24 heavy (non-hydrogen) atoms. The van der Waals surface area contributed by atoms with Gasteiger partial charge in [0, 0.05) is 37.9 Å². The Morgan fingerprint density at radius 3 is 2.71 bits per heavy atom. The summed E-state index contributed by atoms with van der Waals surface area (Å²) in [6.45, 7) is 9.46. The minimum atomic E-state index is -0.645. The Labute approximate surface area is 142 Å². The number of Topliss-reactive ketones (excluding diaryl/α,β-unsaturated/α-hetero) is 1. The number of carbonyl (C=O) groups is 2. The molecule has 1 aliphatic heterocycles. The Morgan fingerprint density at radius 2 is 2.04 bits per heavy atom. The first-order valence-electron chi connectivity index (χ1n) is 8.30. The Morgan fingerprint density at radius 1 is 1.33 bits per heavy atom. The van der Waals surface area contributed by atoms with E-state index in [0.29, 0.717) is 17.9 Å². The third kappa shape index (κ3) is 4.52. The fourth-order valence-corrected chi connectivity index (χ4v) is 2.66. The molecule has 1 aromatic rings. The van der Waals surface area contributed by atoms with Crippen LogP contribution in [0.3, 0.4) is 0 Å². The Kier molecular flexibility index (Phi) is 6.28. The number of hydrogen-bond acceptors (Lipinski definition) is 6. The molecule has 1 aromatic heterocycles. The molecule has 7 nitrogen and oxygen atoms in total. The molecule has 0 aliphatic carbocycles. The maximum atomic E-state index is 12.5. The van der Waals surface area contributed by atoms with E-state index >= 15 is 0 Å². The van der Waals surface area contributed by atoms with Gasteiger partial charge in [-0.3, -0.25) is 19.5 Å². The lowest BCUT2D eigenvalue weighted by Gasteiger charge is -2.39. The van der Waals surface area contributed by atoms with E-state index < -0.39 is 5.54 Å². The molecule has 0 atom stereocenters. The Hall–Kier alpha value is -1.99. The van der Waals surface area contributed by atoms with E-state index in [1.807, 2.05) is 20.8 Å². The van der Waals surface area contributed by atoms with E-state index in [-0.39, 0.29) is 18.2 Å². The highest BCUT2D eigenvalue weighted by atomic mass is 16.5. The van der Waals surface area contributed by atoms with Crippen molar-refractivity contribution in [1.29, 1.82) is 0 Å². The predicted molar refractivity (Wildman–Crippen MR) is 91.3 cm³/mol. The van der Waals surface area contributed by atoms with Gasteiger partial charge in [-0.1, -0.05) is 0 Å². The van der Waals surface area contributed by atoms with Gasteiger partial charge in [0.15, 0.2) is 5.78 Å².